The standard InChI is InChI=1S/C16H23BrN2O2/c1-11-9-12(17)7-8-13(11)18-16(21)10-19(2)14-5-3-4-6-15(14)20/h7-9,14-15,20H,3-6,10H2,1-2H3,(H,18,21). The number of benzene rings is 1. The third-order valence-electron chi connectivity index (χ3n) is 4.12. The molecule has 21 heavy (non-hydrogen) atoms. The quantitative estimate of drug-likeness (QED) is 0.873. The van der Waals surface area contributed by atoms with Crippen molar-refractivity contribution in [1.29, 1.82) is 0 Å². The number of aryl methyl sites for hydroxylation is 1. The third-order valence-corrected chi connectivity index (χ3v) is 4.61. The Morgan fingerprint density at radius 2 is 2.14 bits per heavy atom. The number of hydrogen-bond donors (Lipinski definition) is 2. The minimum atomic E-state index is -0.314. The second-order valence-corrected chi connectivity index (χ2v) is 6.76. The first kappa shape index (κ1) is 16.5. The van der Waals surface area contributed by atoms with Crippen molar-refractivity contribution in [2.24, 2.45) is 0 Å². The van der Waals surface area contributed by atoms with E-state index in [9.17, 15) is 9.90 Å². The number of aliphatic hydroxyl groups excluding tert-OH is 1. The molecular formula is C16H23BrN2O2. The number of nitrogens with one attached hydrogen (secondary N) is 1. The SMILES string of the molecule is Cc1cc(Br)ccc1NC(=O)CN(C)C1CCCCC1O. The summed E-state index contributed by atoms with van der Waals surface area (Å²) in [4.78, 5) is 14.1. The average molecular weight is 355 g/mol. The molecule has 0 bridgehead atoms. The van der Waals surface area contributed by atoms with Crippen LogP contribution in [0, 0.1) is 6.92 Å². The Kier molecular flexibility index (Phi) is 5.79. The van der Waals surface area contributed by atoms with E-state index in [-0.39, 0.29) is 18.1 Å². The first-order valence-corrected chi connectivity index (χ1v) is 8.21. The monoisotopic (exact) mass is 354 g/mol. The first-order valence-electron chi connectivity index (χ1n) is 7.41. The van der Waals surface area contributed by atoms with Gasteiger partial charge in [-0.15, -0.1) is 0 Å². The number of rotatable bonds is 4. The van der Waals surface area contributed by atoms with Gasteiger partial charge in [0.2, 0.25) is 5.91 Å². The maximum absolute atomic E-state index is 12.2. The third kappa shape index (κ3) is 4.53. The van der Waals surface area contributed by atoms with Crippen molar-refractivity contribution < 1.29 is 9.90 Å². The lowest BCUT2D eigenvalue weighted by Gasteiger charge is -2.34. The van der Waals surface area contributed by atoms with Crippen LogP contribution < -0.4 is 5.32 Å². The van der Waals surface area contributed by atoms with Crippen LogP contribution in [0.5, 0.6) is 0 Å². The van der Waals surface area contributed by atoms with Crippen molar-refractivity contribution in [1.82, 2.24) is 4.90 Å². The molecule has 2 N–H and O–H groups in total. The van der Waals surface area contributed by atoms with Crippen LogP contribution in [0.1, 0.15) is 31.2 Å². The van der Waals surface area contributed by atoms with Gasteiger partial charge < -0.3 is 10.4 Å². The van der Waals surface area contributed by atoms with Crippen LogP contribution in [-0.4, -0.2) is 41.7 Å². The van der Waals surface area contributed by atoms with Crippen molar-refractivity contribution in [3.05, 3.63) is 28.2 Å². The van der Waals surface area contributed by atoms with Gasteiger partial charge in [-0.1, -0.05) is 28.8 Å². The summed E-state index contributed by atoms with van der Waals surface area (Å²) in [5.74, 6) is -0.0410. The van der Waals surface area contributed by atoms with E-state index in [1.54, 1.807) is 0 Å². The van der Waals surface area contributed by atoms with Gasteiger partial charge in [-0.05, 0) is 50.6 Å². The van der Waals surface area contributed by atoms with Crippen LogP contribution in [0.2, 0.25) is 0 Å². The molecule has 1 aromatic rings. The van der Waals surface area contributed by atoms with Crippen LogP contribution in [0.25, 0.3) is 0 Å². The molecule has 5 heteroatoms. The Morgan fingerprint density at radius 3 is 2.81 bits per heavy atom. The summed E-state index contributed by atoms with van der Waals surface area (Å²) in [6.07, 6.45) is 3.69. The molecule has 0 aliphatic heterocycles. The Labute approximate surface area is 134 Å². The molecule has 2 atom stereocenters. The number of carbonyl (C=O) groups is 1. The fourth-order valence-corrected chi connectivity index (χ4v) is 3.38. The van der Waals surface area contributed by atoms with Crippen LogP contribution >= 0.6 is 15.9 Å². The molecule has 1 saturated carbocycles. The average Bonchev–Trinajstić information content (AvgIpc) is 2.42. The Bertz CT molecular complexity index is 507. The van der Waals surface area contributed by atoms with E-state index in [2.05, 4.69) is 21.2 Å². The molecule has 116 valence electrons. The zero-order valence-electron chi connectivity index (χ0n) is 12.6. The molecule has 2 unspecified atom stereocenters. The second-order valence-electron chi connectivity index (χ2n) is 5.84. The van der Waals surface area contributed by atoms with Gasteiger partial charge in [0.05, 0.1) is 12.6 Å². The zero-order valence-corrected chi connectivity index (χ0v) is 14.2. The number of amides is 1. The van der Waals surface area contributed by atoms with Crippen LogP contribution in [0.4, 0.5) is 5.69 Å². The number of anilines is 1. The molecule has 2 rings (SSSR count). The number of likely N-dealkylation sites (N-methyl/N-ethyl adjacent to an activating group) is 1. The van der Waals surface area contributed by atoms with Gasteiger partial charge in [-0.2, -0.15) is 0 Å². The smallest absolute Gasteiger partial charge is 0.238 e. The lowest BCUT2D eigenvalue weighted by atomic mass is 9.91. The predicted octanol–water partition coefficient (Wildman–Crippen LogP) is 2.93. The highest BCUT2D eigenvalue weighted by Crippen LogP contribution is 2.23. The fourth-order valence-electron chi connectivity index (χ4n) is 2.91. The minimum Gasteiger partial charge on any atom is -0.391 e. The molecule has 1 fully saturated rings. The maximum Gasteiger partial charge on any atom is 0.238 e. The number of carbonyl (C=O) groups excluding carboxylic acids is 1. The normalized spacial score (nSPS) is 22.3. The molecule has 0 spiro atoms. The van der Waals surface area contributed by atoms with Gasteiger partial charge in [0.1, 0.15) is 0 Å². The number of hydrogen-bond acceptors (Lipinski definition) is 3. The van der Waals surface area contributed by atoms with Gasteiger partial charge in [-0.25, -0.2) is 0 Å². The first-order chi connectivity index (χ1) is 9.97. The van der Waals surface area contributed by atoms with Crippen molar-refractivity contribution in [3.8, 4) is 0 Å². The Balaban J connectivity index is 1.91. The topological polar surface area (TPSA) is 52.6 Å². The van der Waals surface area contributed by atoms with Crippen LogP contribution in [0.15, 0.2) is 22.7 Å². The molecule has 1 amide bonds. The summed E-state index contributed by atoms with van der Waals surface area (Å²) < 4.78 is 1.00. The van der Waals surface area contributed by atoms with E-state index in [1.807, 2.05) is 37.1 Å². The van der Waals surface area contributed by atoms with E-state index in [1.165, 1.54) is 0 Å². The van der Waals surface area contributed by atoms with Crippen LogP contribution in [-0.2, 0) is 4.79 Å². The van der Waals surface area contributed by atoms with E-state index in [0.29, 0.717) is 6.54 Å². The maximum atomic E-state index is 12.2. The Hall–Kier alpha value is -0.910. The summed E-state index contributed by atoms with van der Waals surface area (Å²) in [6.45, 7) is 2.27. The summed E-state index contributed by atoms with van der Waals surface area (Å²) >= 11 is 3.41. The highest BCUT2D eigenvalue weighted by atomic mass is 79.9. The predicted molar refractivity (Wildman–Crippen MR) is 88.4 cm³/mol. The van der Waals surface area contributed by atoms with E-state index < -0.39 is 0 Å². The molecule has 0 saturated heterocycles. The van der Waals surface area contributed by atoms with E-state index in [4.69, 9.17) is 0 Å². The lowest BCUT2D eigenvalue weighted by molar-refractivity contribution is -0.118. The van der Waals surface area contributed by atoms with Gasteiger partial charge in [0, 0.05) is 16.2 Å². The lowest BCUT2D eigenvalue weighted by Crippen LogP contribution is -2.46. The molecule has 0 heterocycles. The van der Waals surface area contributed by atoms with E-state index in [0.717, 1.165) is 41.4 Å². The van der Waals surface area contributed by atoms with Gasteiger partial charge in [-0.3, -0.25) is 9.69 Å². The van der Waals surface area contributed by atoms with Gasteiger partial charge >= 0.3 is 0 Å². The highest BCUT2D eigenvalue weighted by Gasteiger charge is 2.27. The highest BCUT2D eigenvalue weighted by molar-refractivity contribution is 9.10. The molecule has 0 aromatic heterocycles. The summed E-state index contributed by atoms with van der Waals surface area (Å²) in [7, 11) is 1.91. The van der Waals surface area contributed by atoms with Crippen molar-refractivity contribution in [2.75, 3.05) is 18.9 Å². The molecule has 0 radical (unpaired) electrons. The van der Waals surface area contributed by atoms with E-state index >= 15 is 0 Å². The molecular weight excluding hydrogens is 332 g/mol. The van der Waals surface area contributed by atoms with Crippen molar-refractivity contribution in [2.45, 2.75) is 44.8 Å². The molecule has 1 aliphatic carbocycles. The zero-order chi connectivity index (χ0) is 15.4. The molecule has 1 aromatic carbocycles. The summed E-state index contributed by atoms with van der Waals surface area (Å²) in [5.41, 5.74) is 1.86. The largest absolute Gasteiger partial charge is 0.391 e. The number of nitrogens with zero attached hydrogens (tertiary/aromatic N) is 1. The number of aliphatic hydroxyl groups is 1. The minimum absolute atomic E-state index is 0.0410. The Morgan fingerprint density at radius 1 is 1.43 bits per heavy atom. The number of halogens is 1. The van der Waals surface area contributed by atoms with Gasteiger partial charge in [0.15, 0.2) is 0 Å². The fraction of sp³-hybridized carbons (Fsp3) is 0.562. The van der Waals surface area contributed by atoms with Crippen molar-refractivity contribution >= 4 is 27.5 Å². The molecule has 4 nitrogen and oxygen atoms in total. The van der Waals surface area contributed by atoms with Crippen molar-refractivity contribution in [3.63, 3.8) is 0 Å². The van der Waals surface area contributed by atoms with Gasteiger partial charge in [0.25, 0.3) is 0 Å². The summed E-state index contributed by atoms with van der Waals surface area (Å²) in [6, 6.07) is 5.88. The summed E-state index contributed by atoms with van der Waals surface area (Å²) in [5, 5.41) is 13.0. The molecule has 1 aliphatic rings. The second kappa shape index (κ2) is 7.38. The van der Waals surface area contributed by atoms with Crippen LogP contribution in [0.3, 0.4) is 0 Å².